The van der Waals surface area contributed by atoms with Gasteiger partial charge in [-0.15, -0.1) is 0 Å². The van der Waals surface area contributed by atoms with Gasteiger partial charge in [0.1, 0.15) is 5.82 Å². The molecule has 92 valence electrons. The Kier molecular flexibility index (Phi) is 3.28. The van der Waals surface area contributed by atoms with Gasteiger partial charge in [-0.1, -0.05) is 0 Å². The number of carboxylic acids is 1. The highest BCUT2D eigenvalue weighted by Gasteiger charge is 2.05. The summed E-state index contributed by atoms with van der Waals surface area (Å²) in [6.07, 6.45) is 0. The maximum atomic E-state index is 12.8. The fourth-order valence-electron chi connectivity index (χ4n) is 1.63. The summed E-state index contributed by atoms with van der Waals surface area (Å²) in [5.41, 5.74) is 2.62. The lowest BCUT2D eigenvalue weighted by Gasteiger charge is -2.10. The second-order valence-electron chi connectivity index (χ2n) is 3.97. The molecule has 0 atom stereocenters. The van der Waals surface area contributed by atoms with E-state index in [0.717, 1.165) is 16.9 Å². The van der Waals surface area contributed by atoms with Crippen LogP contribution in [0.1, 0.15) is 15.9 Å². The second-order valence-corrected chi connectivity index (χ2v) is 3.97. The van der Waals surface area contributed by atoms with Gasteiger partial charge in [0.05, 0.1) is 5.56 Å². The molecule has 18 heavy (non-hydrogen) atoms. The van der Waals surface area contributed by atoms with E-state index in [9.17, 15) is 9.18 Å². The van der Waals surface area contributed by atoms with E-state index in [-0.39, 0.29) is 11.4 Å². The Balaban J connectivity index is 2.24. The normalized spacial score (nSPS) is 10.1. The zero-order valence-corrected chi connectivity index (χ0v) is 9.77. The minimum absolute atomic E-state index is 0.247. The summed E-state index contributed by atoms with van der Waals surface area (Å²) >= 11 is 0. The number of anilines is 2. The Labute approximate surface area is 104 Å². The highest BCUT2D eigenvalue weighted by Crippen LogP contribution is 2.21. The highest BCUT2D eigenvalue weighted by molar-refractivity contribution is 5.88. The maximum Gasteiger partial charge on any atom is 0.335 e. The standard InChI is InChI=1S/C14H12FNO2/c1-9-8-10(14(17)18)2-7-13(9)16-12-5-3-11(15)4-6-12/h2-8,16H,1H3,(H,17,18). The largest absolute Gasteiger partial charge is 0.478 e. The lowest BCUT2D eigenvalue weighted by atomic mass is 10.1. The SMILES string of the molecule is Cc1cc(C(=O)O)ccc1Nc1ccc(F)cc1. The summed E-state index contributed by atoms with van der Waals surface area (Å²) in [7, 11) is 0. The predicted octanol–water partition coefficient (Wildman–Crippen LogP) is 3.58. The van der Waals surface area contributed by atoms with E-state index < -0.39 is 5.97 Å². The van der Waals surface area contributed by atoms with Gasteiger partial charge < -0.3 is 10.4 Å². The molecule has 0 saturated carbocycles. The van der Waals surface area contributed by atoms with Gasteiger partial charge in [0.15, 0.2) is 0 Å². The third-order valence-corrected chi connectivity index (χ3v) is 2.60. The molecular weight excluding hydrogens is 233 g/mol. The van der Waals surface area contributed by atoms with E-state index in [0.29, 0.717) is 0 Å². The zero-order chi connectivity index (χ0) is 13.1. The van der Waals surface area contributed by atoms with Crippen molar-refractivity contribution in [3.05, 3.63) is 59.4 Å². The van der Waals surface area contributed by atoms with Crippen LogP contribution in [-0.2, 0) is 0 Å². The molecule has 0 spiro atoms. The first-order valence-corrected chi connectivity index (χ1v) is 5.43. The number of hydrogen-bond acceptors (Lipinski definition) is 2. The molecule has 2 aromatic rings. The van der Waals surface area contributed by atoms with Crippen LogP contribution in [0, 0.1) is 12.7 Å². The number of nitrogens with one attached hydrogen (secondary N) is 1. The molecule has 0 radical (unpaired) electrons. The molecule has 3 nitrogen and oxygen atoms in total. The average Bonchev–Trinajstić information content (AvgIpc) is 2.34. The van der Waals surface area contributed by atoms with Crippen LogP contribution in [0.5, 0.6) is 0 Å². The first-order chi connectivity index (χ1) is 8.56. The molecule has 0 aliphatic heterocycles. The molecule has 0 saturated heterocycles. The van der Waals surface area contributed by atoms with Crippen molar-refractivity contribution in [3.63, 3.8) is 0 Å². The van der Waals surface area contributed by atoms with E-state index in [1.54, 1.807) is 24.3 Å². The molecule has 2 rings (SSSR count). The Bertz CT molecular complexity index is 579. The van der Waals surface area contributed by atoms with Gasteiger partial charge in [-0.05, 0) is 55.0 Å². The average molecular weight is 245 g/mol. The van der Waals surface area contributed by atoms with Crippen molar-refractivity contribution in [1.29, 1.82) is 0 Å². The van der Waals surface area contributed by atoms with Gasteiger partial charge in [0.25, 0.3) is 0 Å². The molecule has 2 aromatic carbocycles. The number of benzene rings is 2. The van der Waals surface area contributed by atoms with Gasteiger partial charge in [0, 0.05) is 11.4 Å². The van der Waals surface area contributed by atoms with Crippen LogP contribution < -0.4 is 5.32 Å². The Morgan fingerprint density at radius 1 is 1.17 bits per heavy atom. The van der Waals surface area contributed by atoms with Gasteiger partial charge in [-0.25, -0.2) is 9.18 Å². The molecule has 0 aliphatic carbocycles. The van der Waals surface area contributed by atoms with Crippen molar-refractivity contribution >= 4 is 17.3 Å². The number of hydrogen-bond donors (Lipinski definition) is 2. The van der Waals surface area contributed by atoms with E-state index in [1.807, 2.05) is 6.92 Å². The number of rotatable bonds is 3. The van der Waals surface area contributed by atoms with Crippen LogP contribution in [0.15, 0.2) is 42.5 Å². The molecule has 0 amide bonds. The number of carboxylic acid groups (broad SMARTS) is 1. The molecule has 0 bridgehead atoms. The number of carbonyl (C=O) groups is 1. The van der Waals surface area contributed by atoms with Crippen molar-refractivity contribution in [1.82, 2.24) is 0 Å². The van der Waals surface area contributed by atoms with Gasteiger partial charge in [-0.2, -0.15) is 0 Å². The molecule has 0 unspecified atom stereocenters. The summed E-state index contributed by atoms with van der Waals surface area (Å²) in [6, 6.07) is 10.8. The van der Waals surface area contributed by atoms with Crippen molar-refractivity contribution in [2.45, 2.75) is 6.92 Å². The molecule has 0 heterocycles. The molecule has 4 heteroatoms. The summed E-state index contributed by atoms with van der Waals surface area (Å²) in [6.45, 7) is 1.82. The zero-order valence-electron chi connectivity index (χ0n) is 9.77. The predicted molar refractivity (Wildman–Crippen MR) is 67.8 cm³/mol. The first kappa shape index (κ1) is 12.1. The Morgan fingerprint density at radius 3 is 2.39 bits per heavy atom. The monoisotopic (exact) mass is 245 g/mol. The van der Waals surface area contributed by atoms with Gasteiger partial charge in [-0.3, -0.25) is 0 Å². The van der Waals surface area contributed by atoms with Crippen molar-refractivity contribution in [2.24, 2.45) is 0 Å². The van der Waals surface area contributed by atoms with Gasteiger partial charge >= 0.3 is 5.97 Å². The summed E-state index contributed by atoms with van der Waals surface area (Å²) in [4.78, 5) is 10.8. The van der Waals surface area contributed by atoms with E-state index in [4.69, 9.17) is 5.11 Å². The fraction of sp³-hybridized carbons (Fsp3) is 0.0714. The van der Waals surface area contributed by atoms with Crippen molar-refractivity contribution in [3.8, 4) is 0 Å². The van der Waals surface area contributed by atoms with Crippen molar-refractivity contribution in [2.75, 3.05) is 5.32 Å². The highest BCUT2D eigenvalue weighted by atomic mass is 19.1. The van der Waals surface area contributed by atoms with Crippen LogP contribution in [0.25, 0.3) is 0 Å². The lowest BCUT2D eigenvalue weighted by molar-refractivity contribution is 0.0697. The quantitative estimate of drug-likeness (QED) is 0.869. The lowest BCUT2D eigenvalue weighted by Crippen LogP contribution is -1.99. The number of aryl methyl sites for hydroxylation is 1. The minimum Gasteiger partial charge on any atom is -0.478 e. The van der Waals surface area contributed by atoms with Crippen LogP contribution >= 0.6 is 0 Å². The molecule has 0 fully saturated rings. The molecule has 0 aromatic heterocycles. The molecule has 0 aliphatic rings. The third kappa shape index (κ3) is 2.66. The first-order valence-electron chi connectivity index (χ1n) is 5.43. The number of halogens is 1. The maximum absolute atomic E-state index is 12.8. The Morgan fingerprint density at radius 2 is 1.83 bits per heavy atom. The Hall–Kier alpha value is -2.36. The summed E-state index contributed by atoms with van der Waals surface area (Å²) < 4.78 is 12.8. The van der Waals surface area contributed by atoms with E-state index in [2.05, 4.69) is 5.32 Å². The van der Waals surface area contributed by atoms with Crippen LogP contribution in [0.2, 0.25) is 0 Å². The smallest absolute Gasteiger partial charge is 0.335 e. The summed E-state index contributed by atoms with van der Waals surface area (Å²) in [5, 5.41) is 12.0. The van der Waals surface area contributed by atoms with E-state index >= 15 is 0 Å². The fourth-order valence-corrected chi connectivity index (χ4v) is 1.63. The minimum atomic E-state index is -0.952. The van der Waals surface area contributed by atoms with Crippen LogP contribution in [-0.4, -0.2) is 11.1 Å². The van der Waals surface area contributed by atoms with Crippen LogP contribution in [0.3, 0.4) is 0 Å². The number of aromatic carboxylic acids is 1. The molecular formula is C14H12FNO2. The second kappa shape index (κ2) is 4.87. The third-order valence-electron chi connectivity index (χ3n) is 2.60. The van der Waals surface area contributed by atoms with Crippen LogP contribution in [0.4, 0.5) is 15.8 Å². The summed E-state index contributed by atoms with van der Waals surface area (Å²) in [5.74, 6) is -1.25. The van der Waals surface area contributed by atoms with Crippen molar-refractivity contribution < 1.29 is 14.3 Å². The topological polar surface area (TPSA) is 49.3 Å². The van der Waals surface area contributed by atoms with Gasteiger partial charge in [0.2, 0.25) is 0 Å². The van der Waals surface area contributed by atoms with E-state index in [1.165, 1.54) is 18.2 Å². The molecule has 2 N–H and O–H groups in total.